The number of unbranched alkanes of at least 4 members (excludes halogenated alkanes) is 1. The van der Waals surface area contributed by atoms with Gasteiger partial charge in [-0.2, -0.15) is 0 Å². The summed E-state index contributed by atoms with van der Waals surface area (Å²) in [7, 11) is 0. The van der Waals surface area contributed by atoms with Gasteiger partial charge in [-0.05, 0) is 43.2 Å². The van der Waals surface area contributed by atoms with Crippen molar-refractivity contribution in [2.45, 2.75) is 45.8 Å². The van der Waals surface area contributed by atoms with Gasteiger partial charge >= 0.3 is 5.97 Å². The summed E-state index contributed by atoms with van der Waals surface area (Å²) in [4.78, 5) is 27.8. The predicted octanol–water partition coefficient (Wildman–Crippen LogP) is 3.34. The molecule has 0 spiro atoms. The van der Waals surface area contributed by atoms with Crippen LogP contribution in [0.25, 0.3) is 0 Å². The number of amides is 1. The zero-order chi connectivity index (χ0) is 18.9. The second-order valence-corrected chi connectivity index (χ2v) is 6.13. The zero-order valence-corrected chi connectivity index (χ0v) is 15.1. The number of benzene rings is 1. The summed E-state index contributed by atoms with van der Waals surface area (Å²) in [5.41, 5.74) is 2.14. The third-order valence-electron chi connectivity index (χ3n) is 3.93. The summed E-state index contributed by atoms with van der Waals surface area (Å²) in [5.74, 6) is -0.763. The molecule has 1 aromatic heterocycles. The van der Waals surface area contributed by atoms with Gasteiger partial charge < -0.3 is 15.2 Å². The maximum absolute atomic E-state index is 12.4. The maximum Gasteiger partial charge on any atom is 0.326 e. The molecule has 0 bridgehead atoms. The minimum Gasteiger partial charge on any atom is -0.487 e. The van der Waals surface area contributed by atoms with Crippen molar-refractivity contribution < 1.29 is 19.4 Å². The van der Waals surface area contributed by atoms with Gasteiger partial charge in [-0.3, -0.25) is 9.78 Å². The lowest BCUT2D eigenvalue weighted by Crippen LogP contribution is -2.40. The summed E-state index contributed by atoms with van der Waals surface area (Å²) in [6.07, 6.45) is 3.69. The average molecular weight is 356 g/mol. The van der Waals surface area contributed by atoms with Crippen LogP contribution in [-0.2, 0) is 11.4 Å². The van der Waals surface area contributed by atoms with E-state index in [1.165, 1.54) is 0 Å². The number of aliphatic carboxylic acids is 1. The van der Waals surface area contributed by atoms with Crippen molar-refractivity contribution in [3.8, 4) is 5.75 Å². The Balaban J connectivity index is 1.99. The lowest BCUT2D eigenvalue weighted by Gasteiger charge is -2.14. The van der Waals surface area contributed by atoms with Crippen LogP contribution in [0.5, 0.6) is 5.75 Å². The van der Waals surface area contributed by atoms with E-state index < -0.39 is 17.9 Å². The van der Waals surface area contributed by atoms with Gasteiger partial charge in [0.25, 0.3) is 5.91 Å². The van der Waals surface area contributed by atoms with Crippen molar-refractivity contribution >= 4 is 11.9 Å². The van der Waals surface area contributed by atoms with Crippen LogP contribution in [0.2, 0.25) is 0 Å². The van der Waals surface area contributed by atoms with Gasteiger partial charge in [-0.1, -0.05) is 31.9 Å². The number of aryl methyl sites for hydroxylation is 1. The van der Waals surface area contributed by atoms with Crippen LogP contribution in [0, 0.1) is 6.92 Å². The summed E-state index contributed by atoms with van der Waals surface area (Å²) >= 11 is 0. The minimum atomic E-state index is -1.02. The molecule has 26 heavy (non-hydrogen) atoms. The van der Waals surface area contributed by atoms with Crippen LogP contribution in [0.3, 0.4) is 0 Å². The lowest BCUT2D eigenvalue weighted by atomic mass is 10.1. The number of ether oxygens (including phenoxy) is 1. The number of rotatable bonds is 9. The van der Waals surface area contributed by atoms with Crippen molar-refractivity contribution in [3.63, 3.8) is 0 Å². The monoisotopic (exact) mass is 356 g/mol. The third-order valence-corrected chi connectivity index (χ3v) is 3.93. The zero-order valence-electron chi connectivity index (χ0n) is 15.1. The Labute approximate surface area is 153 Å². The number of carbonyl (C=O) groups is 2. The Morgan fingerprint density at radius 2 is 2.08 bits per heavy atom. The summed E-state index contributed by atoms with van der Waals surface area (Å²) in [6, 6.07) is 9.79. The van der Waals surface area contributed by atoms with Crippen LogP contribution in [-0.4, -0.2) is 28.0 Å². The normalized spacial score (nSPS) is 11.6. The highest BCUT2D eigenvalue weighted by Gasteiger charge is 2.20. The van der Waals surface area contributed by atoms with Crippen molar-refractivity contribution in [1.29, 1.82) is 0 Å². The molecule has 2 rings (SSSR count). The van der Waals surface area contributed by atoms with Crippen LogP contribution in [0.4, 0.5) is 0 Å². The van der Waals surface area contributed by atoms with Gasteiger partial charge in [0.2, 0.25) is 0 Å². The number of nitrogens with one attached hydrogen (secondary N) is 1. The molecule has 1 aromatic carbocycles. The van der Waals surface area contributed by atoms with Crippen molar-refractivity contribution in [1.82, 2.24) is 10.3 Å². The van der Waals surface area contributed by atoms with E-state index in [2.05, 4.69) is 10.3 Å². The molecular weight excluding hydrogens is 332 g/mol. The van der Waals surface area contributed by atoms with Gasteiger partial charge in [-0.15, -0.1) is 0 Å². The molecule has 0 radical (unpaired) electrons. The molecule has 0 aliphatic rings. The first-order valence-electron chi connectivity index (χ1n) is 8.67. The molecular formula is C20H24N2O4. The number of carbonyl (C=O) groups excluding carboxylic acids is 1. The average Bonchev–Trinajstić information content (AvgIpc) is 2.64. The first kappa shape index (κ1) is 19.4. The van der Waals surface area contributed by atoms with Crippen LogP contribution >= 0.6 is 0 Å². The van der Waals surface area contributed by atoms with E-state index in [1.807, 2.05) is 32.0 Å². The molecule has 0 saturated carbocycles. The number of carboxylic acids is 1. The Morgan fingerprint density at radius 1 is 1.27 bits per heavy atom. The molecule has 1 unspecified atom stereocenters. The first-order chi connectivity index (χ1) is 12.5. The van der Waals surface area contributed by atoms with Gasteiger partial charge in [0.05, 0.1) is 6.20 Å². The highest BCUT2D eigenvalue weighted by Crippen LogP contribution is 2.13. The van der Waals surface area contributed by atoms with Gasteiger partial charge in [0.15, 0.2) is 0 Å². The number of hydrogen-bond acceptors (Lipinski definition) is 4. The van der Waals surface area contributed by atoms with Crippen molar-refractivity contribution in [2.75, 3.05) is 0 Å². The van der Waals surface area contributed by atoms with E-state index in [4.69, 9.17) is 4.74 Å². The van der Waals surface area contributed by atoms with Crippen molar-refractivity contribution in [3.05, 3.63) is 59.4 Å². The number of nitrogens with zero attached hydrogens (tertiary/aromatic N) is 1. The van der Waals surface area contributed by atoms with Crippen LogP contribution in [0.1, 0.15) is 47.8 Å². The highest BCUT2D eigenvalue weighted by atomic mass is 16.5. The predicted molar refractivity (Wildman–Crippen MR) is 98.2 cm³/mol. The second kappa shape index (κ2) is 9.56. The first-order valence-corrected chi connectivity index (χ1v) is 8.67. The molecule has 0 saturated heterocycles. The topological polar surface area (TPSA) is 88.5 Å². The number of aromatic nitrogens is 1. The quantitative estimate of drug-likeness (QED) is 0.719. The van der Waals surface area contributed by atoms with Crippen LogP contribution < -0.4 is 10.1 Å². The van der Waals surface area contributed by atoms with E-state index in [0.717, 1.165) is 24.1 Å². The minimum absolute atomic E-state index is 0.296. The van der Waals surface area contributed by atoms with Gasteiger partial charge in [0.1, 0.15) is 18.4 Å². The fraction of sp³-hybridized carbons (Fsp3) is 0.350. The highest BCUT2D eigenvalue weighted by molar-refractivity contribution is 5.96. The van der Waals surface area contributed by atoms with E-state index in [0.29, 0.717) is 24.3 Å². The summed E-state index contributed by atoms with van der Waals surface area (Å²) < 4.78 is 5.67. The van der Waals surface area contributed by atoms with E-state index in [-0.39, 0.29) is 0 Å². The van der Waals surface area contributed by atoms with Gasteiger partial charge in [0, 0.05) is 11.3 Å². The molecule has 6 heteroatoms. The van der Waals surface area contributed by atoms with Crippen molar-refractivity contribution in [2.24, 2.45) is 0 Å². The molecule has 0 aliphatic carbocycles. The fourth-order valence-electron chi connectivity index (χ4n) is 2.42. The number of carboxylic acid groups (broad SMARTS) is 1. The van der Waals surface area contributed by atoms with Crippen LogP contribution in [0.15, 0.2) is 42.6 Å². The molecule has 0 fully saturated rings. The third kappa shape index (κ3) is 5.88. The fourth-order valence-corrected chi connectivity index (χ4v) is 2.42. The second-order valence-electron chi connectivity index (χ2n) is 6.13. The Kier molecular flexibility index (Phi) is 7.14. The van der Waals surface area contributed by atoms with E-state index >= 15 is 0 Å². The SMILES string of the molecule is CCCCC(NC(=O)c1cccc(COc2ccc(C)nc2)c1)C(=O)O. The Morgan fingerprint density at radius 3 is 2.73 bits per heavy atom. The summed E-state index contributed by atoms with van der Waals surface area (Å²) in [6.45, 7) is 4.18. The number of hydrogen-bond donors (Lipinski definition) is 2. The molecule has 6 nitrogen and oxygen atoms in total. The smallest absolute Gasteiger partial charge is 0.326 e. The van der Waals surface area contributed by atoms with E-state index in [9.17, 15) is 14.7 Å². The molecule has 2 aromatic rings. The lowest BCUT2D eigenvalue weighted by molar-refractivity contribution is -0.139. The molecule has 2 N–H and O–H groups in total. The van der Waals surface area contributed by atoms with E-state index in [1.54, 1.807) is 24.4 Å². The molecule has 1 heterocycles. The molecule has 1 atom stereocenters. The summed E-state index contributed by atoms with van der Waals surface area (Å²) in [5, 5.41) is 11.8. The molecule has 0 aliphatic heterocycles. The largest absolute Gasteiger partial charge is 0.487 e. The van der Waals surface area contributed by atoms with Gasteiger partial charge in [-0.25, -0.2) is 4.79 Å². The maximum atomic E-state index is 12.4. The standard InChI is InChI=1S/C20H24N2O4/c1-3-4-8-18(20(24)25)22-19(23)16-7-5-6-15(11-16)13-26-17-10-9-14(2)21-12-17/h5-7,9-12,18H,3-4,8,13H2,1-2H3,(H,22,23)(H,24,25). The Bertz CT molecular complexity index is 744. The Hall–Kier alpha value is -2.89. The molecule has 1 amide bonds. The molecule has 138 valence electrons. The number of pyridine rings is 1.